The van der Waals surface area contributed by atoms with Gasteiger partial charge in [0.15, 0.2) is 12.1 Å². The second-order valence-electron chi connectivity index (χ2n) is 6.92. The van der Waals surface area contributed by atoms with Gasteiger partial charge in [-0.15, -0.1) is 0 Å². The van der Waals surface area contributed by atoms with E-state index in [1.807, 2.05) is 54.6 Å². The van der Waals surface area contributed by atoms with E-state index in [0.29, 0.717) is 24.3 Å². The largest absolute Gasteiger partial charge is 0.352 e. The fourth-order valence-corrected chi connectivity index (χ4v) is 2.88. The minimum atomic E-state index is -0.251. The van der Waals surface area contributed by atoms with Gasteiger partial charge in [0.25, 0.3) is 0 Å². The molecule has 27 heavy (non-hydrogen) atoms. The topological polar surface area (TPSA) is 35.5 Å². The molecule has 2 aromatic rings. The molecule has 2 rings (SSSR count). The predicted molar refractivity (Wildman–Crippen MR) is 110 cm³/mol. The van der Waals surface area contributed by atoms with Crippen LogP contribution in [0.1, 0.15) is 73.9 Å². The SMILES string of the molecule is CCCCOC(OCCCC)C(C)c1ccc(C(=O)c2ccccc2)cc1. The standard InChI is InChI=1S/C24H32O3/c1-4-6-17-26-24(27-18-7-5-2)19(3)20-13-15-22(16-14-20)23(25)21-11-9-8-10-12-21/h8-16,19,24H,4-7,17-18H2,1-3H3. The summed E-state index contributed by atoms with van der Waals surface area (Å²) in [6, 6.07) is 17.2. The van der Waals surface area contributed by atoms with Gasteiger partial charge in [0.1, 0.15) is 0 Å². The van der Waals surface area contributed by atoms with E-state index in [2.05, 4.69) is 20.8 Å². The lowest BCUT2D eigenvalue weighted by molar-refractivity contribution is -0.154. The summed E-state index contributed by atoms with van der Waals surface area (Å²) in [6.07, 6.45) is 4.02. The fraction of sp³-hybridized carbons (Fsp3) is 0.458. The maximum absolute atomic E-state index is 12.6. The van der Waals surface area contributed by atoms with Crippen LogP contribution in [0.2, 0.25) is 0 Å². The molecule has 1 unspecified atom stereocenters. The van der Waals surface area contributed by atoms with Crippen molar-refractivity contribution in [3.63, 3.8) is 0 Å². The zero-order valence-electron chi connectivity index (χ0n) is 16.8. The van der Waals surface area contributed by atoms with Crippen LogP contribution in [-0.2, 0) is 9.47 Å². The first-order valence-electron chi connectivity index (χ1n) is 10.1. The fourth-order valence-electron chi connectivity index (χ4n) is 2.88. The zero-order chi connectivity index (χ0) is 19.5. The van der Waals surface area contributed by atoms with Crippen LogP contribution in [0.4, 0.5) is 0 Å². The molecule has 0 bridgehead atoms. The molecule has 0 fully saturated rings. The molecule has 0 aliphatic rings. The van der Waals surface area contributed by atoms with Gasteiger partial charge in [0, 0.05) is 30.3 Å². The Kier molecular flexibility index (Phi) is 9.23. The molecule has 3 heteroatoms. The molecule has 2 aromatic carbocycles. The predicted octanol–water partition coefficient (Wildman–Crippen LogP) is 5.98. The molecule has 0 spiro atoms. The summed E-state index contributed by atoms with van der Waals surface area (Å²) < 4.78 is 12.0. The first-order chi connectivity index (χ1) is 13.2. The van der Waals surface area contributed by atoms with E-state index in [4.69, 9.17) is 9.47 Å². The lowest BCUT2D eigenvalue weighted by atomic mass is 9.96. The van der Waals surface area contributed by atoms with E-state index < -0.39 is 0 Å². The van der Waals surface area contributed by atoms with Gasteiger partial charge < -0.3 is 9.47 Å². The van der Waals surface area contributed by atoms with Crippen molar-refractivity contribution in [3.8, 4) is 0 Å². The average molecular weight is 369 g/mol. The molecule has 1 atom stereocenters. The van der Waals surface area contributed by atoms with Crippen molar-refractivity contribution in [1.29, 1.82) is 0 Å². The van der Waals surface area contributed by atoms with Crippen molar-refractivity contribution in [2.45, 2.75) is 58.7 Å². The molecule has 0 N–H and O–H groups in total. The number of carbonyl (C=O) groups is 1. The lowest BCUT2D eigenvalue weighted by Crippen LogP contribution is -2.25. The maximum Gasteiger partial charge on any atom is 0.193 e. The van der Waals surface area contributed by atoms with Gasteiger partial charge in [0.05, 0.1) is 0 Å². The Morgan fingerprint density at radius 3 is 1.85 bits per heavy atom. The number of hydrogen-bond donors (Lipinski definition) is 0. The Morgan fingerprint density at radius 2 is 1.33 bits per heavy atom. The van der Waals surface area contributed by atoms with Crippen LogP contribution in [0.3, 0.4) is 0 Å². The molecule has 0 saturated carbocycles. The van der Waals surface area contributed by atoms with E-state index >= 15 is 0 Å². The van der Waals surface area contributed by atoms with Crippen LogP contribution in [-0.4, -0.2) is 25.3 Å². The van der Waals surface area contributed by atoms with Gasteiger partial charge in [0.2, 0.25) is 0 Å². The summed E-state index contributed by atoms with van der Waals surface area (Å²) in [5, 5.41) is 0. The van der Waals surface area contributed by atoms with Crippen LogP contribution < -0.4 is 0 Å². The number of unbranched alkanes of at least 4 members (excludes halogenated alkanes) is 2. The number of ether oxygens (including phenoxy) is 2. The summed E-state index contributed by atoms with van der Waals surface area (Å²) in [5.74, 6) is 0.157. The number of hydrogen-bond acceptors (Lipinski definition) is 3. The molecular formula is C24H32O3. The molecule has 0 radical (unpaired) electrons. The van der Waals surface area contributed by atoms with Crippen molar-refractivity contribution in [2.75, 3.05) is 13.2 Å². The highest BCUT2D eigenvalue weighted by Crippen LogP contribution is 2.24. The van der Waals surface area contributed by atoms with Crippen LogP contribution in [0.25, 0.3) is 0 Å². The number of rotatable bonds is 12. The Morgan fingerprint density at radius 1 is 0.815 bits per heavy atom. The van der Waals surface area contributed by atoms with E-state index in [0.717, 1.165) is 31.2 Å². The Labute approximate surface area is 163 Å². The zero-order valence-corrected chi connectivity index (χ0v) is 16.8. The van der Waals surface area contributed by atoms with Crippen molar-refractivity contribution in [3.05, 3.63) is 71.3 Å². The van der Waals surface area contributed by atoms with E-state index in [1.54, 1.807) is 0 Å². The highest BCUT2D eigenvalue weighted by atomic mass is 16.7. The minimum Gasteiger partial charge on any atom is -0.352 e. The number of ketones is 1. The molecule has 0 heterocycles. The molecule has 0 aromatic heterocycles. The van der Waals surface area contributed by atoms with Crippen LogP contribution in [0, 0.1) is 0 Å². The van der Waals surface area contributed by atoms with E-state index in [-0.39, 0.29) is 18.0 Å². The number of benzene rings is 2. The van der Waals surface area contributed by atoms with Crippen molar-refractivity contribution in [2.24, 2.45) is 0 Å². The van der Waals surface area contributed by atoms with Gasteiger partial charge in [-0.2, -0.15) is 0 Å². The molecule has 3 nitrogen and oxygen atoms in total. The first-order valence-corrected chi connectivity index (χ1v) is 10.1. The Bertz CT molecular complexity index is 654. The maximum atomic E-state index is 12.6. The summed E-state index contributed by atoms with van der Waals surface area (Å²) >= 11 is 0. The second kappa shape index (κ2) is 11.7. The normalized spacial score (nSPS) is 12.3. The Balaban J connectivity index is 2.06. The highest BCUT2D eigenvalue weighted by Gasteiger charge is 2.21. The van der Waals surface area contributed by atoms with Crippen molar-refractivity contribution in [1.82, 2.24) is 0 Å². The molecule has 146 valence electrons. The third kappa shape index (κ3) is 6.60. The molecule has 0 saturated heterocycles. The minimum absolute atomic E-state index is 0.0461. The van der Waals surface area contributed by atoms with Crippen molar-refractivity contribution < 1.29 is 14.3 Å². The summed E-state index contributed by atoms with van der Waals surface area (Å²) in [6.45, 7) is 7.85. The summed E-state index contributed by atoms with van der Waals surface area (Å²) in [4.78, 5) is 12.6. The summed E-state index contributed by atoms with van der Waals surface area (Å²) in [7, 11) is 0. The molecule has 0 aliphatic carbocycles. The third-order valence-corrected chi connectivity index (χ3v) is 4.70. The van der Waals surface area contributed by atoms with Gasteiger partial charge in [-0.05, 0) is 18.4 Å². The van der Waals surface area contributed by atoms with Gasteiger partial charge in [-0.1, -0.05) is 88.2 Å². The molecule has 0 amide bonds. The van der Waals surface area contributed by atoms with Crippen molar-refractivity contribution >= 4 is 5.78 Å². The van der Waals surface area contributed by atoms with E-state index in [1.165, 1.54) is 0 Å². The first kappa shape index (κ1) is 21.3. The van der Waals surface area contributed by atoms with Gasteiger partial charge >= 0.3 is 0 Å². The van der Waals surface area contributed by atoms with Gasteiger partial charge in [-0.25, -0.2) is 0 Å². The quantitative estimate of drug-likeness (QED) is 0.263. The lowest BCUT2D eigenvalue weighted by Gasteiger charge is -2.25. The monoisotopic (exact) mass is 368 g/mol. The average Bonchev–Trinajstić information content (AvgIpc) is 2.72. The number of carbonyl (C=O) groups excluding carboxylic acids is 1. The third-order valence-electron chi connectivity index (χ3n) is 4.70. The highest BCUT2D eigenvalue weighted by molar-refractivity contribution is 6.08. The van der Waals surface area contributed by atoms with Crippen LogP contribution in [0.5, 0.6) is 0 Å². The van der Waals surface area contributed by atoms with Crippen LogP contribution >= 0.6 is 0 Å². The second-order valence-corrected chi connectivity index (χ2v) is 6.92. The van der Waals surface area contributed by atoms with Crippen LogP contribution in [0.15, 0.2) is 54.6 Å². The molecule has 0 aliphatic heterocycles. The smallest absolute Gasteiger partial charge is 0.193 e. The van der Waals surface area contributed by atoms with E-state index in [9.17, 15) is 4.79 Å². The Hall–Kier alpha value is -1.97. The van der Waals surface area contributed by atoms with Gasteiger partial charge in [-0.3, -0.25) is 4.79 Å². The molecular weight excluding hydrogens is 336 g/mol. The summed E-state index contributed by atoms with van der Waals surface area (Å²) in [5.41, 5.74) is 2.53.